The molecule has 0 aliphatic rings. The maximum atomic E-state index is 12.6. The molecule has 0 saturated carbocycles. The molecular formula is C17H29N3O3. The van der Waals surface area contributed by atoms with Gasteiger partial charge in [0.05, 0.1) is 29.8 Å². The van der Waals surface area contributed by atoms with Gasteiger partial charge < -0.3 is 10.4 Å². The summed E-state index contributed by atoms with van der Waals surface area (Å²) >= 11 is 0. The molecule has 0 radical (unpaired) electrons. The quantitative estimate of drug-likeness (QED) is 0.730. The highest BCUT2D eigenvalue weighted by molar-refractivity contribution is 5.95. The van der Waals surface area contributed by atoms with E-state index in [4.69, 9.17) is 5.11 Å². The van der Waals surface area contributed by atoms with Crippen molar-refractivity contribution < 1.29 is 14.7 Å². The maximum absolute atomic E-state index is 12.6. The van der Waals surface area contributed by atoms with Crippen LogP contribution in [0.5, 0.6) is 0 Å². The normalized spacial score (nSPS) is 11.7. The number of hydrogen-bond donors (Lipinski definition) is 2. The van der Waals surface area contributed by atoms with Crippen molar-refractivity contribution in [3.8, 4) is 0 Å². The third-order valence-electron chi connectivity index (χ3n) is 4.80. The van der Waals surface area contributed by atoms with Crippen molar-refractivity contribution in [3.63, 3.8) is 0 Å². The molecular weight excluding hydrogens is 294 g/mol. The second-order valence-electron chi connectivity index (χ2n) is 6.07. The number of amides is 1. The SMILES string of the molecule is CCC(CC)n1ncc(C(=O)NC(CC)(CC)CC(=O)O)c1C. The lowest BCUT2D eigenvalue weighted by atomic mass is 9.88. The molecule has 0 bridgehead atoms. The number of carboxylic acids is 1. The van der Waals surface area contributed by atoms with Crippen LogP contribution in [0.4, 0.5) is 0 Å². The summed E-state index contributed by atoms with van der Waals surface area (Å²) in [5.74, 6) is -1.15. The molecule has 0 atom stereocenters. The first-order valence-electron chi connectivity index (χ1n) is 8.42. The van der Waals surface area contributed by atoms with Crippen molar-refractivity contribution in [2.75, 3.05) is 0 Å². The van der Waals surface area contributed by atoms with E-state index >= 15 is 0 Å². The molecule has 0 fully saturated rings. The average Bonchev–Trinajstić information content (AvgIpc) is 2.89. The molecule has 6 heteroatoms. The summed E-state index contributed by atoms with van der Waals surface area (Å²) < 4.78 is 1.89. The zero-order valence-corrected chi connectivity index (χ0v) is 14.8. The number of carbonyl (C=O) groups is 2. The van der Waals surface area contributed by atoms with Gasteiger partial charge in [0, 0.05) is 5.69 Å². The van der Waals surface area contributed by atoms with Crippen LogP contribution in [0, 0.1) is 6.92 Å². The molecule has 0 unspecified atom stereocenters. The van der Waals surface area contributed by atoms with Gasteiger partial charge in [-0.3, -0.25) is 14.3 Å². The number of nitrogens with zero attached hydrogens (tertiary/aromatic N) is 2. The van der Waals surface area contributed by atoms with Crippen LogP contribution in [-0.4, -0.2) is 32.3 Å². The van der Waals surface area contributed by atoms with Gasteiger partial charge in [-0.25, -0.2) is 0 Å². The lowest BCUT2D eigenvalue weighted by Crippen LogP contribution is -2.49. The van der Waals surface area contributed by atoms with Crippen molar-refractivity contribution in [3.05, 3.63) is 17.5 Å². The zero-order valence-electron chi connectivity index (χ0n) is 14.8. The number of hydrogen-bond acceptors (Lipinski definition) is 3. The van der Waals surface area contributed by atoms with Gasteiger partial charge in [-0.2, -0.15) is 5.10 Å². The van der Waals surface area contributed by atoms with E-state index in [0.717, 1.165) is 18.5 Å². The van der Waals surface area contributed by atoms with E-state index in [1.54, 1.807) is 6.20 Å². The number of carbonyl (C=O) groups excluding carboxylic acids is 1. The Morgan fingerprint density at radius 1 is 1.26 bits per heavy atom. The molecule has 23 heavy (non-hydrogen) atoms. The molecule has 1 aromatic heterocycles. The van der Waals surface area contributed by atoms with Crippen molar-refractivity contribution in [1.82, 2.24) is 15.1 Å². The van der Waals surface area contributed by atoms with E-state index in [1.807, 2.05) is 25.5 Å². The van der Waals surface area contributed by atoms with Crippen LogP contribution in [-0.2, 0) is 4.79 Å². The Balaban J connectivity index is 3.03. The molecule has 1 heterocycles. The minimum absolute atomic E-state index is 0.0779. The highest BCUT2D eigenvalue weighted by Gasteiger charge is 2.32. The predicted octanol–water partition coefficient (Wildman–Crippen LogP) is 3.32. The van der Waals surface area contributed by atoms with E-state index in [-0.39, 0.29) is 18.4 Å². The van der Waals surface area contributed by atoms with Gasteiger partial charge in [0.2, 0.25) is 0 Å². The molecule has 0 aliphatic carbocycles. The smallest absolute Gasteiger partial charge is 0.305 e. The monoisotopic (exact) mass is 323 g/mol. The molecule has 1 rings (SSSR count). The number of aromatic nitrogens is 2. The molecule has 2 N–H and O–H groups in total. The summed E-state index contributed by atoms with van der Waals surface area (Å²) in [6.07, 6.45) is 4.55. The van der Waals surface area contributed by atoms with Crippen LogP contribution < -0.4 is 5.32 Å². The Labute approximate surface area is 138 Å². The molecule has 130 valence electrons. The van der Waals surface area contributed by atoms with Gasteiger partial charge in [0.15, 0.2) is 0 Å². The maximum Gasteiger partial charge on any atom is 0.305 e. The number of nitrogens with one attached hydrogen (secondary N) is 1. The first-order chi connectivity index (χ1) is 10.8. The summed E-state index contributed by atoms with van der Waals surface area (Å²) in [7, 11) is 0. The van der Waals surface area contributed by atoms with Gasteiger partial charge in [-0.15, -0.1) is 0 Å². The van der Waals surface area contributed by atoms with E-state index < -0.39 is 11.5 Å². The predicted molar refractivity (Wildman–Crippen MR) is 89.6 cm³/mol. The average molecular weight is 323 g/mol. The van der Waals surface area contributed by atoms with E-state index in [2.05, 4.69) is 24.3 Å². The lowest BCUT2D eigenvalue weighted by Gasteiger charge is -2.31. The molecule has 1 amide bonds. The van der Waals surface area contributed by atoms with Gasteiger partial charge in [-0.1, -0.05) is 27.7 Å². The Morgan fingerprint density at radius 3 is 2.26 bits per heavy atom. The Morgan fingerprint density at radius 2 is 1.83 bits per heavy atom. The topological polar surface area (TPSA) is 84.2 Å². The minimum Gasteiger partial charge on any atom is -0.481 e. The number of aliphatic carboxylic acids is 1. The minimum atomic E-state index is -0.904. The number of rotatable bonds is 9. The van der Waals surface area contributed by atoms with Crippen molar-refractivity contribution >= 4 is 11.9 Å². The fourth-order valence-electron chi connectivity index (χ4n) is 2.97. The standard InChI is InChI=1S/C17H29N3O3/c1-6-13(7-2)20-12(5)14(11-18-20)16(23)19-17(8-3,9-4)10-15(21)22/h11,13H,6-10H2,1-5H3,(H,19,23)(H,21,22). The Bertz CT molecular complexity index is 543. The van der Waals surface area contributed by atoms with Gasteiger partial charge in [0.1, 0.15) is 0 Å². The zero-order chi connectivity index (χ0) is 17.6. The molecule has 1 aromatic rings. The Kier molecular flexibility index (Phi) is 6.79. The van der Waals surface area contributed by atoms with Crippen LogP contribution >= 0.6 is 0 Å². The molecule has 0 aromatic carbocycles. The molecule has 0 aliphatic heterocycles. The highest BCUT2D eigenvalue weighted by atomic mass is 16.4. The third-order valence-corrected chi connectivity index (χ3v) is 4.80. The highest BCUT2D eigenvalue weighted by Crippen LogP contribution is 2.23. The molecule has 0 spiro atoms. The largest absolute Gasteiger partial charge is 0.481 e. The first kappa shape index (κ1) is 19.2. The van der Waals surface area contributed by atoms with Gasteiger partial charge in [-0.05, 0) is 32.6 Å². The fraction of sp³-hybridized carbons (Fsp3) is 0.706. The summed E-state index contributed by atoms with van der Waals surface area (Å²) in [5, 5.41) is 16.4. The molecule has 0 saturated heterocycles. The Hall–Kier alpha value is -1.85. The van der Waals surface area contributed by atoms with E-state index in [9.17, 15) is 9.59 Å². The van der Waals surface area contributed by atoms with Crippen molar-refractivity contribution in [1.29, 1.82) is 0 Å². The van der Waals surface area contributed by atoms with Gasteiger partial charge in [0.25, 0.3) is 5.91 Å². The lowest BCUT2D eigenvalue weighted by molar-refractivity contribution is -0.138. The summed E-state index contributed by atoms with van der Waals surface area (Å²) in [5.41, 5.74) is 0.632. The van der Waals surface area contributed by atoms with Gasteiger partial charge >= 0.3 is 5.97 Å². The van der Waals surface area contributed by atoms with Crippen LogP contribution in [0.2, 0.25) is 0 Å². The van der Waals surface area contributed by atoms with Crippen LogP contribution in [0.3, 0.4) is 0 Å². The summed E-state index contributed by atoms with van der Waals surface area (Å²) in [4.78, 5) is 23.8. The van der Waals surface area contributed by atoms with Crippen LogP contribution in [0.1, 0.15) is 81.9 Å². The van der Waals surface area contributed by atoms with Crippen molar-refractivity contribution in [2.24, 2.45) is 0 Å². The summed E-state index contributed by atoms with van der Waals surface area (Å²) in [6.45, 7) is 9.87. The van der Waals surface area contributed by atoms with Crippen LogP contribution in [0.15, 0.2) is 6.20 Å². The van der Waals surface area contributed by atoms with Crippen molar-refractivity contribution in [2.45, 2.75) is 78.3 Å². The van der Waals surface area contributed by atoms with Crippen LogP contribution in [0.25, 0.3) is 0 Å². The van der Waals surface area contributed by atoms with E-state index in [1.165, 1.54) is 0 Å². The van der Waals surface area contributed by atoms with E-state index in [0.29, 0.717) is 18.4 Å². The first-order valence-corrected chi connectivity index (χ1v) is 8.42. The number of carboxylic acid groups (broad SMARTS) is 1. The second kappa shape index (κ2) is 8.13. The fourth-order valence-corrected chi connectivity index (χ4v) is 2.97. The summed E-state index contributed by atoms with van der Waals surface area (Å²) in [6, 6.07) is 0.276. The molecule has 6 nitrogen and oxygen atoms in total. The third kappa shape index (κ3) is 4.33. The second-order valence-corrected chi connectivity index (χ2v) is 6.07.